The largest absolute Gasteiger partial charge is 0.494 e. The van der Waals surface area contributed by atoms with E-state index in [9.17, 15) is 4.79 Å². The number of nitrogens with one attached hydrogen (secondary N) is 1. The number of carbonyl (C=O) groups is 1. The molecule has 0 saturated carbocycles. The second-order valence-corrected chi connectivity index (χ2v) is 5.60. The second kappa shape index (κ2) is 7.08. The summed E-state index contributed by atoms with van der Waals surface area (Å²) < 4.78 is 5.53. The summed E-state index contributed by atoms with van der Waals surface area (Å²) in [5, 5.41) is 5.67. The third kappa shape index (κ3) is 4.19. The summed E-state index contributed by atoms with van der Waals surface area (Å²) in [6.07, 6.45) is 1.74. The van der Waals surface area contributed by atoms with Crippen LogP contribution in [0.4, 0.5) is 10.5 Å². The van der Waals surface area contributed by atoms with Crippen LogP contribution in [0.15, 0.2) is 29.8 Å². The molecule has 2 amide bonds. The number of ether oxygens (including phenoxy) is 1. The molecule has 2 rings (SSSR count). The molecule has 0 atom stereocenters. The molecule has 1 aromatic heterocycles. The number of hydrogen-bond acceptors (Lipinski definition) is 4. The van der Waals surface area contributed by atoms with Crippen molar-refractivity contribution in [3.8, 4) is 5.75 Å². The number of anilines is 1. The molecule has 1 heterocycles. The Balaban J connectivity index is 2.00. The standard InChI is InChI=1S/C15H19N3O2S/c1-4-20-13-9-12(6-5-11(13)2)17-15(19)18(3)10-14-16-7-8-21-14/h5-9H,4,10H2,1-3H3,(H,17,19). The van der Waals surface area contributed by atoms with Crippen LogP contribution in [0.5, 0.6) is 5.75 Å². The van der Waals surface area contributed by atoms with Gasteiger partial charge in [-0.05, 0) is 25.5 Å². The second-order valence-electron chi connectivity index (χ2n) is 4.63. The zero-order valence-electron chi connectivity index (χ0n) is 12.4. The van der Waals surface area contributed by atoms with Crippen LogP contribution >= 0.6 is 11.3 Å². The lowest BCUT2D eigenvalue weighted by molar-refractivity contribution is 0.220. The maximum absolute atomic E-state index is 12.1. The van der Waals surface area contributed by atoms with Gasteiger partial charge in [-0.1, -0.05) is 6.07 Å². The zero-order valence-corrected chi connectivity index (χ0v) is 13.2. The van der Waals surface area contributed by atoms with Crippen molar-refractivity contribution in [1.82, 2.24) is 9.88 Å². The minimum absolute atomic E-state index is 0.170. The fraction of sp³-hybridized carbons (Fsp3) is 0.333. The molecule has 0 bridgehead atoms. The summed E-state index contributed by atoms with van der Waals surface area (Å²) in [5.74, 6) is 0.790. The van der Waals surface area contributed by atoms with Gasteiger partial charge in [-0.3, -0.25) is 0 Å². The topological polar surface area (TPSA) is 54.5 Å². The van der Waals surface area contributed by atoms with Crippen molar-refractivity contribution in [3.63, 3.8) is 0 Å². The van der Waals surface area contributed by atoms with Gasteiger partial charge in [-0.15, -0.1) is 11.3 Å². The SMILES string of the molecule is CCOc1cc(NC(=O)N(C)Cc2nccs2)ccc1C. The van der Waals surface area contributed by atoms with E-state index in [2.05, 4.69) is 10.3 Å². The lowest BCUT2D eigenvalue weighted by Crippen LogP contribution is -2.30. The molecule has 0 aliphatic rings. The fourth-order valence-electron chi connectivity index (χ4n) is 1.81. The molecule has 1 aromatic carbocycles. The van der Waals surface area contributed by atoms with Crippen molar-refractivity contribution < 1.29 is 9.53 Å². The fourth-order valence-corrected chi connectivity index (χ4v) is 2.48. The summed E-state index contributed by atoms with van der Waals surface area (Å²) in [7, 11) is 1.74. The molecule has 0 radical (unpaired) electrons. The van der Waals surface area contributed by atoms with Crippen LogP contribution in [0, 0.1) is 6.92 Å². The molecule has 0 aliphatic heterocycles. The first-order chi connectivity index (χ1) is 10.1. The van der Waals surface area contributed by atoms with E-state index in [0.717, 1.165) is 22.0 Å². The Labute approximate surface area is 128 Å². The Hall–Kier alpha value is -2.08. The number of rotatable bonds is 5. The Morgan fingerprint density at radius 2 is 2.29 bits per heavy atom. The summed E-state index contributed by atoms with van der Waals surface area (Å²) in [6, 6.07) is 5.47. The van der Waals surface area contributed by atoms with Crippen LogP contribution in [0.1, 0.15) is 17.5 Å². The van der Waals surface area contributed by atoms with Crippen LogP contribution in [-0.2, 0) is 6.54 Å². The van der Waals surface area contributed by atoms with E-state index in [-0.39, 0.29) is 6.03 Å². The van der Waals surface area contributed by atoms with Gasteiger partial charge >= 0.3 is 6.03 Å². The molecule has 21 heavy (non-hydrogen) atoms. The molecule has 0 unspecified atom stereocenters. The Morgan fingerprint density at radius 3 is 2.95 bits per heavy atom. The highest BCUT2D eigenvalue weighted by Crippen LogP contribution is 2.23. The van der Waals surface area contributed by atoms with Crippen LogP contribution in [0.2, 0.25) is 0 Å². The first kappa shape index (κ1) is 15.3. The molecule has 0 aliphatic carbocycles. The quantitative estimate of drug-likeness (QED) is 0.919. The Morgan fingerprint density at radius 1 is 1.48 bits per heavy atom. The number of nitrogens with zero attached hydrogens (tertiary/aromatic N) is 2. The number of benzene rings is 1. The van der Waals surface area contributed by atoms with Gasteiger partial charge in [0.1, 0.15) is 10.8 Å². The summed E-state index contributed by atoms with van der Waals surface area (Å²) in [5.41, 5.74) is 1.77. The highest BCUT2D eigenvalue weighted by Gasteiger charge is 2.11. The predicted octanol–water partition coefficient (Wildman–Crippen LogP) is 3.51. The number of carbonyl (C=O) groups excluding carboxylic acids is 1. The van der Waals surface area contributed by atoms with Crippen LogP contribution in [0.25, 0.3) is 0 Å². The Kier molecular flexibility index (Phi) is 5.16. The van der Waals surface area contributed by atoms with Gasteiger partial charge in [0.2, 0.25) is 0 Å². The number of thiazole rings is 1. The zero-order chi connectivity index (χ0) is 15.2. The van der Waals surface area contributed by atoms with E-state index in [1.165, 1.54) is 11.3 Å². The first-order valence-electron chi connectivity index (χ1n) is 6.74. The van der Waals surface area contributed by atoms with Gasteiger partial charge in [-0.2, -0.15) is 0 Å². The van der Waals surface area contributed by atoms with E-state index in [1.807, 2.05) is 37.4 Å². The van der Waals surface area contributed by atoms with E-state index >= 15 is 0 Å². The van der Waals surface area contributed by atoms with Crippen molar-refractivity contribution in [3.05, 3.63) is 40.3 Å². The molecular weight excluding hydrogens is 286 g/mol. The van der Waals surface area contributed by atoms with Crippen LogP contribution in [0.3, 0.4) is 0 Å². The summed E-state index contributed by atoms with van der Waals surface area (Å²) in [6.45, 7) is 5.01. The molecule has 0 saturated heterocycles. The number of urea groups is 1. The average Bonchev–Trinajstić information content (AvgIpc) is 2.95. The smallest absolute Gasteiger partial charge is 0.321 e. The first-order valence-corrected chi connectivity index (χ1v) is 7.62. The number of aromatic nitrogens is 1. The van der Waals surface area contributed by atoms with Crippen LogP contribution < -0.4 is 10.1 Å². The monoisotopic (exact) mass is 305 g/mol. The molecule has 112 valence electrons. The maximum atomic E-state index is 12.1. The molecule has 2 aromatic rings. The van der Waals surface area contributed by atoms with Crippen LogP contribution in [-0.4, -0.2) is 29.6 Å². The van der Waals surface area contributed by atoms with Crippen molar-refractivity contribution in [2.45, 2.75) is 20.4 Å². The van der Waals surface area contributed by atoms with Crippen molar-refractivity contribution in [2.24, 2.45) is 0 Å². The maximum Gasteiger partial charge on any atom is 0.321 e. The van der Waals surface area contributed by atoms with E-state index in [4.69, 9.17) is 4.74 Å². The van der Waals surface area contributed by atoms with E-state index in [1.54, 1.807) is 18.1 Å². The molecule has 6 heteroatoms. The molecule has 0 fully saturated rings. The Bertz CT molecular complexity index is 599. The molecule has 0 spiro atoms. The third-order valence-corrected chi connectivity index (χ3v) is 3.71. The van der Waals surface area contributed by atoms with E-state index in [0.29, 0.717) is 13.2 Å². The van der Waals surface area contributed by atoms with Crippen molar-refractivity contribution in [1.29, 1.82) is 0 Å². The van der Waals surface area contributed by atoms with Gasteiger partial charge in [-0.25, -0.2) is 9.78 Å². The van der Waals surface area contributed by atoms with Gasteiger partial charge < -0.3 is 15.0 Å². The lowest BCUT2D eigenvalue weighted by Gasteiger charge is -2.17. The van der Waals surface area contributed by atoms with Crippen molar-refractivity contribution in [2.75, 3.05) is 19.0 Å². The lowest BCUT2D eigenvalue weighted by atomic mass is 10.2. The molecular formula is C15H19N3O2S. The number of hydrogen-bond donors (Lipinski definition) is 1. The molecule has 5 nitrogen and oxygen atoms in total. The predicted molar refractivity (Wildman–Crippen MR) is 84.9 cm³/mol. The highest BCUT2D eigenvalue weighted by atomic mass is 32.1. The third-order valence-electron chi connectivity index (χ3n) is 2.94. The van der Waals surface area contributed by atoms with Gasteiger partial charge in [0.15, 0.2) is 0 Å². The minimum Gasteiger partial charge on any atom is -0.494 e. The average molecular weight is 305 g/mol. The van der Waals surface area contributed by atoms with E-state index < -0.39 is 0 Å². The summed E-state index contributed by atoms with van der Waals surface area (Å²) in [4.78, 5) is 17.9. The van der Waals surface area contributed by atoms with Gasteiger partial charge in [0.05, 0.1) is 13.2 Å². The molecule has 1 N–H and O–H groups in total. The number of aryl methyl sites for hydroxylation is 1. The van der Waals surface area contributed by atoms with Gasteiger partial charge in [0.25, 0.3) is 0 Å². The minimum atomic E-state index is -0.170. The number of amides is 2. The highest BCUT2D eigenvalue weighted by molar-refractivity contribution is 7.09. The van der Waals surface area contributed by atoms with Gasteiger partial charge in [0, 0.05) is 30.4 Å². The normalized spacial score (nSPS) is 10.2. The summed E-state index contributed by atoms with van der Waals surface area (Å²) >= 11 is 1.53. The van der Waals surface area contributed by atoms with Crippen molar-refractivity contribution >= 4 is 23.1 Å².